The second-order valence-electron chi connectivity index (χ2n) is 4.20. The minimum absolute atomic E-state index is 0.0203. The highest BCUT2D eigenvalue weighted by molar-refractivity contribution is 8.24. The van der Waals surface area contributed by atoms with Crippen molar-refractivity contribution >= 4 is 55.8 Å². The summed E-state index contributed by atoms with van der Waals surface area (Å²) in [6, 6.07) is 5.42. The van der Waals surface area contributed by atoms with E-state index in [4.69, 9.17) is 17.4 Å². The second kappa shape index (κ2) is 6.10. The molecule has 1 aliphatic rings. The number of carbonyl (C=O) groups is 2. The summed E-state index contributed by atoms with van der Waals surface area (Å²) < 4.78 is 22.5. The van der Waals surface area contributed by atoms with E-state index >= 15 is 0 Å². The predicted octanol–water partition coefficient (Wildman–Crippen LogP) is 0.179. The number of anilines is 1. The van der Waals surface area contributed by atoms with Gasteiger partial charge in [0.1, 0.15) is 4.32 Å². The van der Waals surface area contributed by atoms with E-state index in [1.807, 2.05) is 0 Å². The lowest BCUT2D eigenvalue weighted by molar-refractivity contribution is -0.122. The molecule has 0 unspecified atom stereocenters. The molecule has 1 atom stereocenters. The lowest BCUT2D eigenvalue weighted by Gasteiger charge is -2.08. The molecular formula is C11H11N3O4S3. The molecule has 2 rings (SSSR count). The minimum Gasteiger partial charge on any atom is -0.326 e. The van der Waals surface area contributed by atoms with Gasteiger partial charge in [-0.3, -0.25) is 9.59 Å². The molecule has 0 spiro atoms. The summed E-state index contributed by atoms with van der Waals surface area (Å²) in [4.78, 5) is 23.2. The number of thioether (sulfide) groups is 1. The minimum atomic E-state index is -3.76. The van der Waals surface area contributed by atoms with Crippen molar-refractivity contribution in [3.8, 4) is 0 Å². The van der Waals surface area contributed by atoms with E-state index in [2.05, 4.69) is 10.6 Å². The number of amides is 2. The molecule has 0 saturated carbocycles. The third-order valence-electron chi connectivity index (χ3n) is 2.60. The number of primary sulfonamides is 1. The number of hydrogen-bond donors (Lipinski definition) is 3. The maximum Gasteiger partial charge on any atom is 0.239 e. The molecule has 21 heavy (non-hydrogen) atoms. The van der Waals surface area contributed by atoms with Gasteiger partial charge in [0.25, 0.3) is 0 Å². The Morgan fingerprint density at radius 2 is 2.00 bits per heavy atom. The maximum absolute atomic E-state index is 11.8. The van der Waals surface area contributed by atoms with Crippen LogP contribution in [0.2, 0.25) is 0 Å². The third-order valence-corrected chi connectivity index (χ3v) is 4.91. The Labute approximate surface area is 130 Å². The fraction of sp³-hybridized carbons (Fsp3) is 0.182. The van der Waals surface area contributed by atoms with Gasteiger partial charge in [0.05, 0.1) is 10.1 Å². The molecule has 2 amide bonds. The lowest BCUT2D eigenvalue weighted by atomic mass is 10.2. The van der Waals surface area contributed by atoms with E-state index in [0.717, 1.165) is 11.8 Å². The number of thiocarbonyl (C=S) groups is 1. The van der Waals surface area contributed by atoms with Crippen molar-refractivity contribution in [1.82, 2.24) is 5.32 Å². The smallest absolute Gasteiger partial charge is 0.239 e. The van der Waals surface area contributed by atoms with Crippen molar-refractivity contribution in [2.24, 2.45) is 5.14 Å². The van der Waals surface area contributed by atoms with Crippen LogP contribution in [-0.2, 0) is 19.6 Å². The Balaban J connectivity index is 1.97. The summed E-state index contributed by atoms with van der Waals surface area (Å²) in [5.41, 5.74) is 0.415. The molecule has 7 nitrogen and oxygen atoms in total. The van der Waals surface area contributed by atoms with Gasteiger partial charge in [-0.05, 0) is 24.3 Å². The summed E-state index contributed by atoms with van der Waals surface area (Å²) in [6.07, 6.45) is -0.0203. The number of sulfonamides is 1. The van der Waals surface area contributed by atoms with E-state index in [1.165, 1.54) is 24.3 Å². The Kier molecular flexibility index (Phi) is 4.61. The first-order valence-corrected chi connectivity index (χ1v) is 8.53. The van der Waals surface area contributed by atoms with Crippen molar-refractivity contribution in [1.29, 1.82) is 0 Å². The summed E-state index contributed by atoms with van der Waals surface area (Å²) in [6.45, 7) is 0. The Hall–Kier alpha value is -1.49. The molecule has 1 aromatic rings. The standard InChI is InChI=1S/C11H11N3O4S3/c12-21(17,18)7-3-1-6(2-4-7)13-9(15)5-8-10(16)14-11(19)20-8/h1-4,8H,5H2,(H,13,15)(H2,12,17,18)(H,14,16,19)/t8-/m0/s1. The summed E-state index contributed by atoms with van der Waals surface area (Å²) >= 11 is 5.97. The topological polar surface area (TPSA) is 118 Å². The normalized spacial score (nSPS) is 18.4. The number of benzene rings is 1. The molecule has 112 valence electrons. The summed E-state index contributed by atoms with van der Waals surface area (Å²) in [5, 5.41) is 9.46. The molecular weight excluding hydrogens is 334 g/mol. The van der Waals surface area contributed by atoms with Crippen molar-refractivity contribution in [2.45, 2.75) is 16.6 Å². The zero-order chi connectivity index (χ0) is 15.6. The first-order valence-electron chi connectivity index (χ1n) is 5.70. The highest BCUT2D eigenvalue weighted by Gasteiger charge is 2.30. The van der Waals surface area contributed by atoms with E-state index in [9.17, 15) is 18.0 Å². The quantitative estimate of drug-likeness (QED) is 0.670. The van der Waals surface area contributed by atoms with Gasteiger partial charge in [-0.1, -0.05) is 24.0 Å². The van der Waals surface area contributed by atoms with Crippen molar-refractivity contribution in [3.63, 3.8) is 0 Å². The van der Waals surface area contributed by atoms with Gasteiger partial charge >= 0.3 is 0 Å². The number of nitrogens with one attached hydrogen (secondary N) is 2. The SMILES string of the molecule is NS(=O)(=O)c1ccc(NC(=O)C[C@@H]2SC(=S)NC2=O)cc1. The summed E-state index contributed by atoms with van der Waals surface area (Å²) in [5.74, 6) is -0.652. The molecule has 1 fully saturated rings. The molecule has 1 aromatic carbocycles. The highest BCUT2D eigenvalue weighted by Crippen LogP contribution is 2.23. The van der Waals surface area contributed by atoms with Crippen LogP contribution in [0.1, 0.15) is 6.42 Å². The van der Waals surface area contributed by atoms with Crippen molar-refractivity contribution in [3.05, 3.63) is 24.3 Å². The molecule has 0 bridgehead atoms. The molecule has 0 aliphatic carbocycles. The first-order chi connectivity index (χ1) is 9.75. The predicted molar refractivity (Wildman–Crippen MR) is 83.2 cm³/mol. The Morgan fingerprint density at radius 1 is 1.38 bits per heavy atom. The number of rotatable bonds is 4. The maximum atomic E-state index is 11.8. The summed E-state index contributed by atoms with van der Waals surface area (Å²) in [7, 11) is -3.76. The van der Waals surface area contributed by atoms with Crippen molar-refractivity contribution in [2.75, 3.05) is 5.32 Å². The van der Waals surface area contributed by atoms with Crippen LogP contribution in [0.15, 0.2) is 29.2 Å². The monoisotopic (exact) mass is 345 g/mol. The van der Waals surface area contributed by atoms with Crippen LogP contribution in [0.5, 0.6) is 0 Å². The molecule has 0 radical (unpaired) electrons. The molecule has 1 aliphatic heterocycles. The Bertz CT molecular complexity index is 700. The largest absolute Gasteiger partial charge is 0.326 e. The van der Waals surface area contributed by atoms with E-state index in [0.29, 0.717) is 10.0 Å². The van der Waals surface area contributed by atoms with E-state index in [-0.39, 0.29) is 23.1 Å². The van der Waals surface area contributed by atoms with Crippen LogP contribution in [-0.4, -0.2) is 29.8 Å². The van der Waals surface area contributed by atoms with Crippen LogP contribution < -0.4 is 15.8 Å². The van der Waals surface area contributed by atoms with Gasteiger partial charge in [-0.25, -0.2) is 13.6 Å². The average Bonchev–Trinajstić information content (AvgIpc) is 2.67. The molecule has 1 saturated heterocycles. The highest BCUT2D eigenvalue weighted by atomic mass is 32.2. The van der Waals surface area contributed by atoms with Crippen LogP contribution in [0.25, 0.3) is 0 Å². The third kappa shape index (κ3) is 4.24. The van der Waals surface area contributed by atoms with Crippen LogP contribution in [0.4, 0.5) is 5.69 Å². The van der Waals surface area contributed by atoms with Gasteiger partial charge in [-0.15, -0.1) is 0 Å². The van der Waals surface area contributed by atoms with Crippen molar-refractivity contribution < 1.29 is 18.0 Å². The average molecular weight is 345 g/mol. The van der Waals surface area contributed by atoms with Gasteiger partial charge < -0.3 is 10.6 Å². The van der Waals surface area contributed by atoms with Gasteiger partial charge in [0.15, 0.2) is 0 Å². The molecule has 1 heterocycles. The van der Waals surface area contributed by atoms with Crippen LogP contribution in [0.3, 0.4) is 0 Å². The van der Waals surface area contributed by atoms with Gasteiger partial charge in [0, 0.05) is 12.1 Å². The zero-order valence-electron chi connectivity index (χ0n) is 10.5. The zero-order valence-corrected chi connectivity index (χ0v) is 13.0. The van der Waals surface area contributed by atoms with Crippen LogP contribution in [0, 0.1) is 0 Å². The fourth-order valence-electron chi connectivity index (χ4n) is 1.64. The lowest BCUT2D eigenvalue weighted by Crippen LogP contribution is -2.27. The van der Waals surface area contributed by atoms with Crippen LogP contribution >= 0.6 is 24.0 Å². The molecule has 0 aromatic heterocycles. The first kappa shape index (κ1) is 15.9. The fourth-order valence-corrected chi connectivity index (χ4v) is 3.42. The number of nitrogens with two attached hydrogens (primary N) is 1. The number of hydrogen-bond acceptors (Lipinski definition) is 6. The van der Waals surface area contributed by atoms with Gasteiger partial charge in [-0.2, -0.15) is 0 Å². The number of carbonyl (C=O) groups excluding carboxylic acids is 2. The van der Waals surface area contributed by atoms with Gasteiger partial charge in [0.2, 0.25) is 21.8 Å². The Morgan fingerprint density at radius 3 is 2.48 bits per heavy atom. The molecule has 10 heteroatoms. The second-order valence-corrected chi connectivity index (χ2v) is 7.65. The molecule has 4 N–H and O–H groups in total. The van der Waals surface area contributed by atoms with E-state index in [1.54, 1.807) is 0 Å². The van der Waals surface area contributed by atoms with E-state index < -0.39 is 15.3 Å².